The summed E-state index contributed by atoms with van der Waals surface area (Å²) in [4.78, 5) is 0. The van der Waals surface area contributed by atoms with Crippen molar-refractivity contribution in [2.75, 3.05) is 26.2 Å². The van der Waals surface area contributed by atoms with Crippen LogP contribution in [0.4, 0.5) is 0 Å². The Morgan fingerprint density at radius 3 is 2.79 bits per heavy atom. The fourth-order valence-electron chi connectivity index (χ4n) is 2.78. The summed E-state index contributed by atoms with van der Waals surface area (Å²) in [5, 5.41) is 7.15. The summed E-state index contributed by atoms with van der Waals surface area (Å²) in [6.45, 7) is 4.11. The van der Waals surface area contributed by atoms with Gasteiger partial charge >= 0.3 is 0 Å². The number of nitrogens with two attached hydrogens (primary N) is 1. The molecule has 19 heavy (non-hydrogen) atoms. The molecule has 1 aliphatic carbocycles. The lowest BCUT2D eigenvalue weighted by Gasteiger charge is -2.14. The monoisotopic (exact) mass is 261 g/mol. The molecule has 0 bridgehead atoms. The van der Waals surface area contributed by atoms with Gasteiger partial charge in [-0.25, -0.2) is 0 Å². The molecule has 1 atom stereocenters. The highest BCUT2D eigenvalue weighted by Gasteiger charge is 2.20. The molecule has 0 amide bonds. The van der Waals surface area contributed by atoms with E-state index in [0.717, 1.165) is 32.6 Å². The molecule has 0 aliphatic heterocycles. The van der Waals surface area contributed by atoms with Crippen molar-refractivity contribution in [2.45, 2.75) is 38.1 Å². The number of nitrogens with one attached hydrogen (secondary N) is 2. The molecule has 0 fully saturated rings. The maximum Gasteiger partial charge on any atom is 0.0326 e. The van der Waals surface area contributed by atoms with Crippen LogP contribution >= 0.6 is 0 Å². The number of benzene rings is 1. The van der Waals surface area contributed by atoms with Crippen LogP contribution in [0.3, 0.4) is 0 Å². The summed E-state index contributed by atoms with van der Waals surface area (Å²) in [7, 11) is 0. The van der Waals surface area contributed by atoms with Gasteiger partial charge in [0.1, 0.15) is 0 Å². The van der Waals surface area contributed by atoms with Crippen LogP contribution in [0.15, 0.2) is 24.3 Å². The van der Waals surface area contributed by atoms with E-state index in [1.54, 1.807) is 0 Å². The van der Waals surface area contributed by atoms with Gasteiger partial charge in [0.25, 0.3) is 0 Å². The fraction of sp³-hybridized carbons (Fsp3) is 0.625. The number of aryl methyl sites for hydroxylation is 1. The standard InChI is InChI=1S/C16H27N3/c17-10-3-4-11-18-12-5-13-19-16-9-8-14-6-1-2-7-15(14)16/h1-2,6-7,16,18-19H,3-5,8-13,17H2. The molecule has 1 aliphatic rings. The predicted molar refractivity (Wildman–Crippen MR) is 81.3 cm³/mol. The van der Waals surface area contributed by atoms with E-state index in [9.17, 15) is 0 Å². The molecule has 3 nitrogen and oxygen atoms in total. The summed E-state index contributed by atoms with van der Waals surface area (Å²) in [6.07, 6.45) is 6.00. The van der Waals surface area contributed by atoms with E-state index >= 15 is 0 Å². The Kier molecular flexibility index (Phi) is 6.34. The quantitative estimate of drug-likeness (QED) is 0.596. The fourth-order valence-corrected chi connectivity index (χ4v) is 2.78. The SMILES string of the molecule is NCCCCNCCCNC1CCc2ccccc21. The van der Waals surface area contributed by atoms with Gasteiger partial charge in [0.2, 0.25) is 0 Å². The van der Waals surface area contributed by atoms with Crippen LogP contribution < -0.4 is 16.4 Å². The van der Waals surface area contributed by atoms with Gasteiger partial charge in [-0.1, -0.05) is 24.3 Å². The molecule has 1 aromatic carbocycles. The molecule has 0 heterocycles. The highest BCUT2D eigenvalue weighted by molar-refractivity contribution is 5.34. The maximum atomic E-state index is 5.46. The first-order valence-electron chi connectivity index (χ1n) is 7.64. The van der Waals surface area contributed by atoms with Gasteiger partial charge < -0.3 is 16.4 Å². The zero-order valence-electron chi connectivity index (χ0n) is 11.8. The molecule has 1 unspecified atom stereocenters. The number of hydrogen-bond donors (Lipinski definition) is 3. The smallest absolute Gasteiger partial charge is 0.0326 e. The molecule has 106 valence electrons. The van der Waals surface area contributed by atoms with E-state index in [0.29, 0.717) is 6.04 Å². The average Bonchev–Trinajstić information content (AvgIpc) is 2.85. The molecule has 0 saturated carbocycles. The Morgan fingerprint density at radius 2 is 1.89 bits per heavy atom. The van der Waals surface area contributed by atoms with Crippen LogP contribution in [-0.4, -0.2) is 26.2 Å². The molecule has 2 rings (SSSR count). The first-order chi connectivity index (χ1) is 9.42. The molecule has 0 saturated heterocycles. The van der Waals surface area contributed by atoms with Crippen LogP contribution in [0.25, 0.3) is 0 Å². The second kappa shape index (κ2) is 8.31. The molecule has 4 N–H and O–H groups in total. The van der Waals surface area contributed by atoms with Crippen LogP contribution in [-0.2, 0) is 6.42 Å². The Labute approximate surface area is 117 Å². The van der Waals surface area contributed by atoms with Gasteiger partial charge in [0, 0.05) is 6.04 Å². The van der Waals surface area contributed by atoms with Gasteiger partial charge in [-0.3, -0.25) is 0 Å². The van der Waals surface area contributed by atoms with Crippen molar-refractivity contribution in [3.63, 3.8) is 0 Å². The van der Waals surface area contributed by atoms with Crippen molar-refractivity contribution in [2.24, 2.45) is 5.73 Å². The minimum atomic E-state index is 0.577. The summed E-state index contributed by atoms with van der Waals surface area (Å²) in [5.41, 5.74) is 8.50. The summed E-state index contributed by atoms with van der Waals surface area (Å²) >= 11 is 0. The average molecular weight is 261 g/mol. The topological polar surface area (TPSA) is 50.1 Å². The van der Waals surface area contributed by atoms with Crippen molar-refractivity contribution < 1.29 is 0 Å². The van der Waals surface area contributed by atoms with E-state index in [1.807, 2.05) is 0 Å². The Hall–Kier alpha value is -0.900. The number of unbranched alkanes of at least 4 members (excludes halogenated alkanes) is 1. The summed E-state index contributed by atoms with van der Waals surface area (Å²) in [5.74, 6) is 0. The first kappa shape index (κ1) is 14.5. The van der Waals surface area contributed by atoms with E-state index in [-0.39, 0.29) is 0 Å². The third-order valence-electron chi connectivity index (χ3n) is 3.86. The van der Waals surface area contributed by atoms with Crippen molar-refractivity contribution in [3.05, 3.63) is 35.4 Å². The molecule has 0 radical (unpaired) electrons. The Bertz CT molecular complexity index is 365. The highest BCUT2D eigenvalue weighted by Crippen LogP contribution is 2.30. The lowest BCUT2D eigenvalue weighted by Crippen LogP contribution is -2.25. The number of fused-ring (bicyclic) bond motifs is 1. The van der Waals surface area contributed by atoms with Gasteiger partial charge in [-0.05, 0) is 69.4 Å². The van der Waals surface area contributed by atoms with E-state index in [1.165, 1.54) is 36.8 Å². The number of hydrogen-bond acceptors (Lipinski definition) is 3. The van der Waals surface area contributed by atoms with Crippen molar-refractivity contribution >= 4 is 0 Å². The molecule has 1 aromatic rings. The maximum absolute atomic E-state index is 5.46. The zero-order chi connectivity index (χ0) is 13.3. The first-order valence-corrected chi connectivity index (χ1v) is 7.64. The Balaban J connectivity index is 1.55. The van der Waals surface area contributed by atoms with E-state index < -0.39 is 0 Å². The third kappa shape index (κ3) is 4.60. The van der Waals surface area contributed by atoms with Gasteiger partial charge in [-0.2, -0.15) is 0 Å². The van der Waals surface area contributed by atoms with Crippen molar-refractivity contribution in [1.29, 1.82) is 0 Å². The third-order valence-corrected chi connectivity index (χ3v) is 3.86. The van der Waals surface area contributed by atoms with Crippen molar-refractivity contribution in [3.8, 4) is 0 Å². The van der Waals surface area contributed by atoms with Crippen LogP contribution in [0.1, 0.15) is 42.9 Å². The van der Waals surface area contributed by atoms with Gasteiger partial charge in [0.15, 0.2) is 0 Å². The van der Waals surface area contributed by atoms with Gasteiger partial charge in [0.05, 0.1) is 0 Å². The summed E-state index contributed by atoms with van der Waals surface area (Å²) in [6, 6.07) is 9.40. The van der Waals surface area contributed by atoms with E-state index in [2.05, 4.69) is 34.9 Å². The predicted octanol–water partition coefficient (Wildman–Crippen LogP) is 1.98. The largest absolute Gasteiger partial charge is 0.330 e. The minimum Gasteiger partial charge on any atom is -0.330 e. The van der Waals surface area contributed by atoms with Crippen molar-refractivity contribution in [1.82, 2.24) is 10.6 Å². The minimum absolute atomic E-state index is 0.577. The van der Waals surface area contributed by atoms with Crippen LogP contribution in [0.5, 0.6) is 0 Å². The molecule has 3 heteroatoms. The lowest BCUT2D eigenvalue weighted by atomic mass is 10.1. The normalized spacial score (nSPS) is 17.6. The zero-order valence-corrected chi connectivity index (χ0v) is 11.8. The molecular formula is C16H27N3. The Morgan fingerprint density at radius 1 is 1.05 bits per heavy atom. The second-order valence-corrected chi connectivity index (χ2v) is 5.34. The van der Waals surface area contributed by atoms with Gasteiger partial charge in [-0.15, -0.1) is 0 Å². The number of rotatable bonds is 9. The van der Waals surface area contributed by atoms with Crippen LogP contribution in [0.2, 0.25) is 0 Å². The lowest BCUT2D eigenvalue weighted by molar-refractivity contribution is 0.506. The highest BCUT2D eigenvalue weighted by atomic mass is 14.9. The molecule has 0 aromatic heterocycles. The summed E-state index contributed by atoms with van der Waals surface area (Å²) < 4.78 is 0. The molecule has 0 spiro atoms. The molecular weight excluding hydrogens is 234 g/mol. The second-order valence-electron chi connectivity index (χ2n) is 5.34. The van der Waals surface area contributed by atoms with Crippen LogP contribution in [0, 0.1) is 0 Å². The van der Waals surface area contributed by atoms with E-state index in [4.69, 9.17) is 5.73 Å².